The number of hydrogen-bond donors (Lipinski definition) is 2. The highest BCUT2D eigenvalue weighted by Gasteiger charge is 2.30. The molecule has 0 radical (unpaired) electrons. The van der Waals surface area contributed by atoms with Gasteiger partial charge in [0.2, 0.25) is 0 Å². The third kappa shape index (κ3) is 8.59. The third-order valence-corrected chi connectivity index (χ3v) is 2.79. The monoisotopic (exact) mass is 226 g/mol. The number of thiol groups is 1. The summed E-state index contributed by atoms with van der Waals surface area (Å²) in [6.45, 7) is 7.45. The van der Waals surface area contributed by atoms with Crippen LogP contribution in [0.25, 0.3) is 0 Å². The van der Waals surface area contributed by atoms with Crippen molar-refractivity contribution in [1.82, 2.24) is 0 Å². The van der Waals surface area contributed by atoms with Crippen molar-refractivity contribution in [3.8, 4) is 0 Å². The van der Waals surface area contributed by atoms with Gasteiger partial charge in [-0.15, -0.1) is 0 Å². The van der Waals surface area contributed by atoms with Crippen molar-refractivity contribution in [3.63, 3.8) is 0 Å². The zero-order valence-electron chi connectivity index (χ0n) is 8.53. The van der Waals surface area contributed by atoms with Crippen LogP contribution in [0.15, 0.2) is 0 Å². The lowest BCUT2D eigenvalue weighted by atomic mass is 9.85. The molecule has 0 aromatic heterocycles. The molecule has 3 nitrogen and oxygen atoms in total. The summed E-state index contributed by atoms with van der Waals surface area (Å²) in [6.07, 6.45) is 0.628. The van der Waals surface area contributed by atoms with Crippen LogP contribution in [-0.2, 0) is 10.1 Å². The molecule has 0 bridgehead atoms. The molecule has 0 aliphatic rings. The molecular formula is C8H18O3S2. The van der Waals surface area contributed by atoms with Crippen LogP contribution in [-0.4, -0.2) is 23.5 Å². The molecule has 0 spiro atoms. The summed E-state index contributed by atoms with van der Waals surface area (Å²) in [7, 11) is -3.89. The number of hydrogen-bond acceptors (Lipinski definition) is 3. The Morgan fingerprint density at radius 1 is 1.23 bits per heavy atom. The van der Waals surface area contributed by atoms with E-state index >= 15 is 0 Å². The molecule has 0 unspecified atom stereocenters. The maximum absolute atomic E-state index is 10.7. The van der Waals surface area contributed by atoms with Gasteiger partial charge in [-0.05, 0) is 11.8 Å². The molecule has 5 heteroatoms. The molecule has 0 aliphatic carbocycles. The highest BCUT2D eigenvalue weighted by atomic mass is 32.2. The Bertz CT molecular complexity index is 260. The van der Waals surface area contributed by atoms with E-state index in [4.69, 9.17) is 4.55 Å². The Morgan fingerprint density at radius 3 is 1.85 bits per heavy atom. The standard InChI is InChI=1S/C8H18O3S2/c1-7(2,5-8(3,4)12)6-13(9,10)11/h12H,5-6H2,1-4H3,(H,9,10,11). The predicted molar refractivity (Wildman–Crippen MR) is 57.9 cm³/mol. The molecule has 0 rings (SSSR count). The maximum Gasteiger partial charge on any atom is 0.265 e. The molecule has 0 atom stereocenters. The lowest BCUT2D eigenvalue weighted by molar-refractivity contribution is 0.332. The first-order valence-corrected chi connectivity index (χ1v) is 6.15. The Kier molecular flexibility index (Phi) is 3.86. The maximum atomic E-state index is 10.7. The first kappa shape index (κ1) is 13.3. The highest BCUT2D eigenvalue weighted by molar-refractivity contribution is 7.85. The van der Waals surface area contributed by atoms with Gasteiger partial charge in [-0.3, -0.25) is 4.55 Å². The van der Waals surface area contributed by atoms with E-state index in [0.29, 0.717) is 6.42 Å². The summed E-state index contributed by atoms with van der Waals surface area (Å²) in [5.41, 5.74) is -0.446. The Labute approximate surface area is 86.1 Å². The summed E-state index contributed by atoms with van der Waals surface area (Å²) >= 11 is 4.32. The zero-order chi connectivity index (χ0) is 10.9. The summed E-state index contributed by atoms with van der Waals surface area (Å²) in [6, 6.07) is 0. The van der Waals surface area contributed by atoms with Crippen LogP contribution in [0.2, 0.25) is 0 Å². The van der Waals surface area contributed by atoms with Crippen molar-refractivity contribution in [2.75, 3.05) is 5.75 Å². The molecule has 0 aromatic rings. The van der Waals surface area contributed by atoms with Gasteiger partial charge in [-0.25, -0.2) is 0 Å². The van der Waals surface area contributed by atoms with E-state index in [2.05, 4.69) is 12.6 Å². The second-order valence-electron chi connectivity index (χ2n) is 4.88. The SMILES string of the molecule is CC(C)(S)CC(C)(C)CS(=O)(=O)O. The Hall–Kier alpha value is 0.260. The van der Waals surface area contributed by atoms with Gasteiger partial charge in [-0.1, -0.05) is 27.7 Å². The summed E-state index contributed by atoms with van der Waals surface area (Å²) in [5.74, 6) is -0.218. The second kappa shape index (κ2) is 3.79. The van der Waals surface area contributed by atoms with Gasteiger partial charge in [0, 0.05) is 4.75 Å². The molecule has 80 valence electrons. The van der Waals surface area contributed by atoms with Crippen LogP contribution in [0, 0.1) is 5.41 Å². The van der Waals surface area contributed by atoms with Gasteiger partial charge >= 0.3 is 0 Å². The van der Waals surface area contributed by atoms with Gasteiger partial charge in [0.25, 0.3) is 10.1 Å². The normalized spacial score (nSPS) is 14.6. The molecule has 0 amide bonds. The van der Waals surface area contributed by atoms with E-state index in [0.717, 1.165) is 0 Å². The topological polar surface area (TPSA) is 54.4 Å². The lowest BCUT2D eigenvalue weighted by Crippen LogP contribution is -2.30. The molecular weight excluding hydrogens is 208 g/mol. The molecule has 0 aliphatic heterocycles. The fourth-order valence-corrected chi connectivity index (χ4v) is 3.23. The van der Waals surface area contributed by atoms with E-state index in [1.54, 1.807) is 13.8 Å². The smallest absolute Gasteiger partial charge is 0.265 e. The fourth-order valence-electron chi connectivity index (χ4n) is 1.72. The van der Waals surface area contributed by atoms with E-state index in [-0.39, 0.29) is 10.5 Å². The van der Waals surface area contributed by atoms with Gasteiger partial charge < -0.3 is 0 Å². The molecule has 1 N–H and O–H groups in total. The Balaban J connectivity index is 4.43. The van der Waals surface area contributed by atoms with Gasteiger partial charge in [-0.2, -0.15) is 21.0 Å². The average molecular weight is 226 g/mol. The van der Waals surface area contributed by atoms with Crippen molar-refractivity contribution >= 4 is 22.7 Å². The summed E-state index contributed by atoms with van der Waals surface area (Å²) in [5, 5.41) is 0. The minimum absolute atomic E-state index is 0.218. The van der Waals surface area contributed by atoms with Crippen LogP contribution < -0.4 is 0 Å². The minimum atomic E-state index is -3.89. The van der Waals surface area contributed by atoms with Crippen LogP contribution >= 0.6 is 12.6 Å². The van der Waals surface area contributed by atoms with Gasteiger partial charge in [0.1, 0.15) is 0 Å². The van der Waals surface area contributed by atoms with Gasteiger partial charge in [0.15, 0.2) is 0 Å². The van der Waals surface area contributed by atoms with Crippen molar-refractivity contribution in [2.24, 2.45) is 5.41 Å². The molecule has 0 saturated heterocycles. The quantitative estimate of drug-likeness (QED) is 0.569. The zero-order valence-corrected chi connectivity index (χ0v) is 10.2. The minimum Gasteiger partial charge on any atom is -0.286 e. The first-order chi connectivity index (χ1) is 5.41. The largest absolute Gasteiger partial charge is 0.286 e. The van der Waals surface area contributed by atoms with E-state index < -0.39 is 15.5 Å². The van der Waals surface area contributed by atoms with Crippen LogP contribution in [0.1, 0.15) is 34.1 Å². The van der Waals surface area contributed by atoms with Gasteiger partial charge in [0.05, 0.1) is 5.75 Å². The lowest BCUT2D eigenvalue weighted by Gasteiger charge is -2.30. The summed E-state index contributed by atoms with van der Waals surface area (Å²) in [4.78, 5) is 0. The summed E-state index contributed by atoms with van der Waals surface area (Å²) < 4.78 is 29.8. The van der Waals surface area contributed by atoms with Crippen molar-refractivity contribution in [2.45, 2.75) is 38.9 Å². The van der Waals surface area contributed by atoms with Crippen molar-refractivity contribution in [1.29, 1.82) is 0 Å². The molecule has 13 heavy (non-hydrogen) atoms. The first-order valence-electron chi connectivity index (χ1n) is 4.09. The van der Waals surface area contributed by atoms with E-state index in [9.17, 15) is 8.42 Å². The van der Waals surface area contributed by atoms with Crippen molar-refractivity contribution in [3.05, 3.63) is 0 Å². The average Bonchev–Trinajstić information content (AvgIpc) is 1.43. The Morgan fingerprint density at radius 2 is 1.62 bits per heavy atom. The highest BCUT2D eigenvalue weighted by Crippen LogP contribution is 2.32. The predicted octanol–water partition coefficient (Wildman–Crippen LogP) is 2.00. The molecule has 0 heterocycles. The van der Waals surface area contributed by atoms with E-state index in [1.807, 2.05) is 13.8 Å². The van der Waals surface area contributed by atoms with Crippen molar-refractivity contribution < 1.29 is 13.0 Å². The third-order valence-electron chi connectivity index (χ3n) is 1.48. The number of rotatable bonds is 4. The second-order valence-corrected chi connectivity index (χ2v) is 7.54. The molecule has 0 saturated carbocycles. The van der Waals surface area contributed by atoms with Crippen LogP contribution in [0.3, 0.4) is 0 Å². The van der Waals surface area contributed by atoms with Crippen LogP contribution in [0.4, 0.5) is 0 Å². The van der Waals surface area contributed by atoms with E-state index in [1.165, 1.54) is 0 Å². The molecule has 0 aromatic carbocycles. The fraction of sp³-hybridized carbons (Fsp3) is 1.00. The van der Waals surface area contributed by atoms with Crippen LogP contribution in [0.5, 0.6) is 0 Å². The molecule has 0 fully saturated rings.